The number of fused-ring (bicyclic) bond motifs is 1. The van der Waals surface area contributed by atoms with Crippen molar-refractivity contribution in [3.63, 3.8) is 0 Å². The molecule has 0 atom stereocenters. The number of hydrogen-bond acceptors (Lipinski definition) is 7. The van der Waals surface area contributed by atoms with Crippen molar-refractivity contribution in [2.45, 2.75) is 22.8 Å². The van der Waals surface area contributed by atoms with Crippen LogP contribution in [0.5, 0.6) is 5.75 Å². The number of sulfone groups is 1. The maximum Gasteiger partial charge on any atom is 0.229 e. The third-order valence-corrected chi connectivity index (χ3v) is 8.30. The molecule has 0 saturated heterocycles. The number of carbonyl (C=O) groups excluding carboxylic acids is 1. The molecule has 0 saturated carbocycles. The van der Waals surface area contributed by atoms with Gasteiger partial charge in [-0.1, -0.05) is 41.7 Å². The molecule has 34 heavy (non-hydrogen) atoms. The Morgan fingerprint density at radius 1 is 1.06 bits per heavy atom. The first kappa shape index (κ1) is 24.3. The highest BCUT2D eigenvalue weighted by Gasteiger charge is 2.21. The Hall–Kier alpha value is -2.88. The number of carbonyl (C=O) groups is 1. The quantitative estimate of drug-likeness (QED) is 0.279. The molecule has 0 aliphatic heterocycles. The summed E-state index contributed by atoms with van der Waals surface area (Å²) in [6, 6.07) is 22.4. The van der Waals surface area contributed by atoms with Crippen LogP contribution in [-0.2, 0) is 21.2 Å². The van der Waals surface area contributed by atoms with Gasteiger partial charge in [-0.3, -0.25) is 9.69 Å². The minimum atomic E-state index is -3.33. The summed E-state index contributed by atoms with van der Waals surface area (Å²) in [7, 11) is -1.69. The Kier molecular flexibility index (Phi) is 7.55. The molecule has 4 rings (SSSR count). The topological polar surface area (TPSA) is 76.6 Å². The lowest BCUT2D eigenvalue weighted by Gasteiger charge is -2.20. The number of hydrogen-bond donors (Lipinski definition) is 0. The summed E-state index contributed by atoms with van der Waals surface area (Å²) in [6.45, 7) is 0.394. The van der Waals surface area contributed by atoms with E-state index in [9.17, 15) is 13.2 Å². The second-order valence-electron chi connectivity index (χ2n) is 7.64. The van der Waals surface area contributed by atoms with Crippen LogP contribution >= 0.6 is 23.1 Å². The molecule has 0 spiro atoms. The van der Waals surface area contributed by atoms with E-state index in [0.717, 1.165) is 20.9 Å². The van der Waals surface area contributed by atoms with E-state index in [0.29, 0.717) is 29.4 Å². The molecular formula is C25H24N2O4S3. The predicted molar refractivity (Wildman–Crippen MR) is 139 cm³/mol. The Morgan fingerprint density at radius 2 is 1.79 bits per heavy atom. The van der Waals surface area contributed by atoms with Crippen molar-refractivity contribution in [2.75, 3.05) is 24.0 Å². The predicted octanol–water partition coefficient (Wildman–Crippen LogP) is 5.42. The summed E-state index contributed by atoms with van der Waals surface area (Å²) in [4.78, 5) is 20.9. The Balaban J connectivity index is 1.55. The first-order chi connectivity index (χ1) is 16.3. The Morgan fingerprint density at radius 3 is 2.47 bits per heavy atom. The molecule has 0 N–H and O–H groups in total. The SMILES string of the molecule is COc1ccc(SCCC(=O)N(Cc2ccccc2)c2nc3ccc(S(C)(=O)=O)cc3s2)cc1. The van der Waals surface area contributed by atoms with E-state index in [2.05, 4.69) is 4.98 Å². The fourth-order valence-electron chi connectivity index (χ4n) is 3.33. The van der Waals surface area contributed by atoms with Gasteiger partial charge >= 0.3 is 0 Å². The average Bonchev–Trinajstić information content (AvgIpc) is 3.26. The lowest BCUT2D eigenvalue weighted by molar-refractivity contribution is -0.118. The van der Waals surface area contributed by atoms with Crippen LogP contribution in [0.1, 0.15) is 12.0 Å². The zero-order valence-corrected chi connectivity index (χ0v) is 21.3. The molecule has 0 aliphatic rings. The molecule has 0 unspecified atom stereocenters. The van der Waals surface area contributed by atoms with Gasteiger partial charge in [0.1, 0.15) is 5.75 Å². The first-order valence-corrected chi connectivity index (χ1v) is 14.2. The molecule has 1 aromatic heterocycles. The molecule has 1 heterocycles. The normalized spacial score (nSPS) is 11.5. The third kappa shape index (κ3) is 5.97. The lowest BCUT2D eigenvalue weighted by Crippen LogP contribution is -2.30. The average molecular weight is 513 g/mol. The molecule has 3 aromatic carbocycles. The van der Waals surface area contributed by atoms with Crippen LogP contribution in [0.4, 0.5) is 5.13 Å². The van der Waals surface area contributed by atoms with E-state index in [1.807, 2.05) is 54.6 Å². The van der Waals surface area contributed by atoms with Gasteiger partial charge in [0.05, 0.1) is 28.8 Å². The van der Waals surface area contributed by atoms with Crippen LogP contribution in [-0.4, -0.2) is 38.4 Å². The van der Waals surface area contributed by atoms with Gasteiger partial charge in [-0.25, -0.2) is 13.4 Å². The number of nitrogens with zero attached hydrogens (tertiary/aromatic N) is 2. The van der Waals surface area contributed by atoms with Crippen molar-refractivity contribution in [2.24, 2.45) is 0 Å². The van der Waals surface area contributed by atoms with E-state index in [4.69, 9.17) is 4.74 Å². The summed E-state index contributed by atoms with van der Waals surface area (Å²) >= 11 is 2.94. The number of benzene rings is 3. The van der Waals surface area contributed by atoms with Crippen LogP contribution in [0.2, 0.25) is 0 Å². The molecular weight excluding hydrogens is 488 g/mol. The number of rotatable bonds is 9. The van der Waals surface area contributed by atoms with E-state index in [-0.39, 0.29) is 10.8 Å². The number of methoxy groups -OCH3 is 1. The summed E-state index contributed by atoms with van der Waals surface area (Å²) in [6.07, 6.45) is 1.52. The number of thiazole rings is 1. The molecule has 176 valence electrons. The smallest absolute Gasteiger partial charge is 0.229 e. The molecule has 0 aliphatic carbocycles. The summed E-state index contributed by atoms with van der Waals surface area (Å²) in [5.74, 6) is 1.39. The highest BCUT2D eigenvalue weighted by atomic mass is 32.2. The fourth-order valence-corrected chi connectivity index (χ4v) is 5.91. The van der Waals surface area contributed by atoms with E-state index < -0.39 is 9.84 Å². The second-order valence-corrected chi connectivity index (χ2v) is 11.8. The van der Waals surface area contributed by atoms with Crippen LogP contribution in [0.25, 0.3) is 10.2 Å². The van der Waals surface area contributed by atoms with Crippen LogP contribution < -0.4 is 9.64 Å². The van der Waals surface area contributed by atoms with Crippen LogP contribution in [0.3, 0.4) is 0 Å². The zero-order chi connectivity index (χ0) is 24.1. The molecule has 9 heteroatoms. The van der Waals surface area contributed by atoms with Crippen molar-refractivity contribution in [3.8, 4) is 5.75 Å². The van der Waals surface area contributed by atoms with E-state index >= 15 is 0 Å². The second kappa shape index (κ2) is 10.6. The van der Waals surface area contributed by atoms with Gasteiger partial charge in [0.25, 0.3) is 0 Å². The first-order valence-electron chi connectivity index (χ1n) is 10.6. The van der Waals surface area contributed by atoms with Crippen molar-refractivity contribution in [3.05, 3.63) is 78.4 Å². The standard InChI is InChI=1S/C25H24N2O4S3/c1-31-19-8-10-20(11-9-19)32-15-14-24(28)27(17-18-6-4-3-5-7-18)25-26-22-13-12-21(34(2,29)30)16-23(22)33-25/h3-13,16H,14-15,17H2,1-2H3. The number of amides is 1. The van der Waals surface area contributed by atoms with E-state index in [1.54, 1.807) is 42.0 Å². The third-order valence-electron chi connectivity index (χ3n) is 5.14. The van der Waals surface area contributed by atoms with Gasteiger partial charge in [-0.2, -0.15) is 0 Å². The van der Waals surface area contributed by atoms with Crippen molar-refractivity contribution in [1.82, 2.24) is 4.98 Å². The number of aromatic nitrogens is 1. The Labute approximate surface area is 207 Å². The fraction of sp³-hybridized carbons (Fsp3) is 0.200. The van der Waals surface area contributed by atoms with Gasteiger partial charge in [0, 0.05) is 23.3 Å². The number of thioether (sulfide) groups is 1. The summed E-state index contributed by atoms with van der Waals surface area (Å²) in [5, 5.41) is 0.559. The van der Waals surface area contributed by atoms with Gasteiger partial charge in [-0.15, -0.1) is 11.8 Å². The van der Waals surface area contributed by atoms with Gasteiger partial charge in [-0.05, 0) is 48.0 Å². The van der Waals surface area contributed by atoms with Gasteiger partial charge in [0.15, 0.2) is 15.0 Å². The summed E-state index contributed by atoms with van der Waals surface area (Å²) in [5.41, 5.74) is 1.67. The number of anilines is 1. The molecule has 1 amide bonds. The lowest BCUT2D eigenvalue weighted by atomic mass is 10.2. The summed E-state index contributed by atoms with van der Waals surface area (Å²) < 4.78 is 29.8. The highest BCUT2D eigenvalue weighted by molar-refractivity contribution is 7.99. The van der Waals surface area contributed by atoms with Gasteiger partial charge < -0.3 is 4.74 Å². The van der Waals surface area contributed by atoms with Gasteiger partial charge in [0.2, 0.25) is 5.91 Å². The molecule has 0 radical (unpaired) electrons. The zero-order valence-electron chi connectivity index (χ0n) is 18.8. The van der Waals surface area contributed by atoms with Crippen molar-refractivity contribution >= 4 is 54.2 Å². The molecule has 4 aromatic rings. The molecule has 0 fully saturated rings. The highest BCUT2D eigenvalue weighted by Crippen LogP contribution is 2.32. The Bertz CT molecular complexity index is 1380. The van der Waals surface area contributed by atoms with Crippen LogP contribution in [0, 0.1) is 0 Å². The molecule has 6 nitrogen and oxygen atoms in total. The van der Waals surface area contributed by atoms with Crippen molar-refractivity contribution < 1.29 is 17.9 Å². The number of ether oxygens (including phenoxy) is 1. The minimum Gasteiger partial charge on any atom is -0.497 e. The maximum atomic E-state index is 13.3. The van der Waals surface area contributed by atoms with Crippen LogP contribution in [0.15, 0.2) is 82.6 Å². The molecule has 0 bridgehead atoms. The maximum absolute atomic E-state index is 13.3. The minimum absolute atomic E-state index is 0.0349. The van der Waals surface area contributed by atoms with Crippen molar-refractivity contribution in [1.29, 1.82) is 0 Å². The largest absolute Gasteiger partial charge is 0.497 e. The monoisotopic (exact) mass is 512 g/mol. The van der Waals surface area contributed by atoms with E-state index in [1.165, 1.54) is 17.6 Å².